The van der Waals surface area contributed by atoms with E-state index in [1.54, 1.807) is 0 Å². The predicted molar refractivity (Wildman–Crippen MR) is 96.9 cm³/mol. The molecule has 0 aliphatic carbocycles. The van der Waals surface area contributed by atoms with E-state index < -0.39 is 23.1 Å². The topological polar surface area (TPSA) is 18.5 Å². The second kappa shape index (κ2) is 7.66. The third kappa shape index (κ3) is 4.36. The summed E-state index contributed by atoms with van der Waals surface area (Å²) in [5.74, 6) is 0. The fourth-order valence-electron chi connectivity index (χ4n) is 3.30. The first kappa shape index (κ1) is 18.7. The molecular formula is C20H19F3O2S. The van der Waals surface area contributed by atoms with Crippen LogP contribution in [-0.4, -0.2) is 23.1 Å². The first-order chi connectivity index (χ1) is 12.4. The van der Waals surface area contributed by atoms with Crippen LogP contribution in [0.2, 0.25) is 0 Å². The molecular weight excluding hydrogens is 361 g/mol. The Labute approximate surface area is 155 Å². The van der Waals surface area contributed by atoms with Crippen molar-refractivity contribution in [3.05, 3.63) is 71.8 Å². The second-order valence-electron chi connectivity index (χ2n) is 6.43. The van der Waals surface area contributed by atoms with Crippen molar-refractivity contribution in [2.24, 2.45) is 0 Å². The number of ether oxygens (including phenoxy) is 2. The van der Waals surface area contributed by atoms with Gasteiger partial charge in [-0.05, 0) is 36.8 Å². The summed E-state index contributed by atoms with van der Waals surface area (Å²) in [4.78, 5) is 0. The molecule has 1 saturated heterocycles. The molecule has 0 bridgehead atoms. The Morgan fingerprint density at radius 3 is 1.73 bits per heavy atom. The summed E-state index contributed by atoms with van der Waals surface area (Å²) in [6.07, 6.45) is -5.34. The van der Waals surface area contributed by atoms with E-state index in [0.717, 1.165) is 11.1 Å². The van der Waals surface area contributed by atoms with Crippen molar-refractivity contribution in [3.8, 4) is 0 Å². The van der Waals surface area contributed by atoms with Crippen LogP contribution in [0.15, 0.2) is 60.7 Å². The van der Waals surface area contributed by atoms with Gasteiger partial charge in [-0.2, -0.15) is 13.2 Å². The summed E-state index contributed by atoms with van der Waals surface area (Å²) in [5, 5.41) is -0.423. The minimum absolute atomic E-state index is 0.175. The van der Waals surface area contributed by atoms with Gasteiger partial charge < -0.3 is 9.47 Å². The summed E-state index contributed by atoms with van der Waals surface area (Å²) >= 11 is 4.83. The highest BCUT2D eigenvalue weighted by Gasteiger charge is 2.61. The second-order valence-corrected chi connectivity index (χ2v) is 6.76. The van der Waals surface area contributed by atoms with Gasteiger partial charge in [-0.1, -0.05) is 60.7 Å². The lowest BCUT2D eigenvalue weighted by Crippen LogP contribution is -2.49. The maximum atomic E-state index is 13.6. The zero-order valence-electron chi connectivity index (χ0n) is 14.0. The van der Waals surface area contributed by atoms with Crippen molar-refractivity contribution in [1.29, 1.82) is 0 Å². The van der Waals surface area contributed by atoms with Gasteiger partial charge in [0.15, 0.2) is 5.60 Å². The lowest BCUT2D eigenvalue weighted by Gasteiger charge is -2.32. The van der Waals surface area contributed by atoms with Crippen LogP contribution in [0.1, 0.15) is 24.0 Å². The number of hydrogen-bond acceptors (Lipinski definition) is 3. The van der Waals surface area contributed by atoms with Gasteiger partial charge >= 0.3 is 11.4 Å². The van der Waals surface area contributed by atoms with Crippen molar-refractivity contribution in [1.82, 2.24) is 0 Å². The molecule has 0 aromatic heterocycles. The average Bonchev–Trinajstić information content (AvgIpc) is 2.97. The van der Waals surface area contributed by atoms with Crippen molar-refractivity contribution in [2.45, 2.75) is 43.6 Å². The molecule has 1 unspecified atom stereocenters. The van der Waals surface area contributed by atoms with Crippen molar-refractivity contribution in [3.63, 3.8) is 0 Å². The van der Waals surface area contributed by atoms with E-state index in [1.165, 1.54) is 0 Å². The Bertz CT molecular complexity index is 688. The summed E-state index contributed by atoms with van der Waals surface area (Å²) in [7, 11) is 0. The molecule has 26 heavy (non-hydrogen) atoms. The minimum Gasteiger partial charge on any atom is -0.446 e. The molecule has 0 saturated carbocycles. The average molecular weight is 380 g/mol. The van der Waals surface area contributed by atoms with E-state index in [0.29, 0.717) is 12.8 Å². The van der Waals surface area contributed by atoms with Crippen LogP contribution < -0.4 is 0 Å². The SMILES string of the molecule is FC(F)(F)C1OC(=S)OC1(CCc1ccccc1)CCc1ccccc1. The third-order valence-corrected chi connectivity index (χ3v) is 4.81. The van der Waals surface area contributed by atoms with Crippen LogP contribution in [0.3, 0.4) is 0 Å². The van der Waals surface area contributed by atoms with Gasteiger partial charge in [0.1, 0.15) is 0 Å². The highest BCUT2D eigenvalue weighted by atomic mass is 32.1. The number of rotatable bonds is 6. The van der Waals surface area contributed by atoms with Crippen LogP contribution in [0, 0.1) is 0 Å². The van der Waals surface area contributed by atoms with Crippen molar-refractivity contribution in [2.75, 3.05) is 0 Å². The monoisotopic (exact) mass is 380 g/mol. The number of aryl methyl sites for hydroxylation is 2. The first-order valence-electron chi connectivity index (χ1n) is 8.43. The molecule has 2 nitrogen and oxygen atoms in total. The first-order valence-corrected chi connectivity index (χ1v) is 8.84. The van der Waals surface area contributed by atoms with Gasteiger partial charge in [-0.25, -0.2) is 0 Å². The van der Waals surface area contributed by atoms with E-state index in [1.807, 2.05) is 60.7 Å². The predicted octanol–water partition coefficient (Wildman–Crippen LogP) is 5.25. The highest BCUT2D eigenvalue weighted by Crippen LogP contribution is 2.43. The smallest absolute Gasteiger partial charge is 0.429 e. The van der Waals surface area contributed by atoms with E-state index in [-0.39, 0.29) is 12.8 Å². The van der Waals surface area contributed by atoms with Gasteiger partial charge in [0.2, 0.25) is 6.10 Å². The van der Waals surface area contributed by atoms with Crippen LogP contribution in [0.4, 0.5) is 13.2 Å². The Balaban J connectivity index is 1.83. The van der Waals surface area contributed by atoms with Crippen molar-refractivity contribution >= 4 is 17.5 Å². The molecule has 1 atom stereocenters. The molecule has 1 aliphatic rings. The van der Waals surface area contributed by atoms with E-state index >= 15 is 0 Å². The molecule has 2 aromatic carbocycles. The van der Waals surface area contributed by atoms with Gasteiger partial charge in [0, 0.05) is 12.2 Å². The third-order valence-electron chi connectivity index (χ3n) is 4.64. The van der Waals surface area contributed by atoms with Crippen LogP contribution >= 0.6 is 12.2 Å². The fraction of sp³-hybridized carbons (Fsp3) is 0.350. The molecule has 1 heterocycles. The number of thiocarbonyl (C=S) groups is 1. The quantitative estimate of drug-likeness (QED) is 0.638. The Morgan fingerprint density at radius 1 is 0.846 bits per heavy atom. The summed E-state index contributed by atoms with van der Waals surface area (Å²) in [6, 6.07) is 18.8. The molecule has 0 radical (unpaired) electrons. The maximum Gasteiger partial charge on any atom is 0.429 e. The fourth-order valence-corrected chi connectivity index (χ4v) is 3.56. The number of halogens is 3. The van der Waals surface area contributed by atoms with E-state index in [9.17, 15) is 13.2 Å². The molecule has 0 N–H and O–H groups in total. The highest BCUT2D eigenvalue weighted by molar-refractivity contribution is 7.79. The number of hydrogen-bond donors (Lipinski definition) is 0. The zero-order valence-corrected chi connectivity index (χ0v) is 14.9. The minimum atomic E-state index is -4.55. The maximum absolute atomic E-state index is 13.6. The molecule has 0 amide bonds. The Morgan fingerprint density at radius 2 is 1.31 bits per heavy atom. The standard InChI is InChI=1S/C20H19F3O2S/c21-20(22,23)17-19(25-18(26)24-17,13-11-15-7-3-1-4-8-15)14-12-16-9-5-2-6-10-16/h1-10,17H,11-14H2. The summed E-state index contributed by atoms with van der Waals surface area (Å²) in [6.45, 7) is 0. The molecule has 6 heteroatoms. The zero-order chi connectivity index (χ0) is 18.6. The lowest BCUT2D eigenvalue weighted by molar-refractivity contribution is -0.222. The summed E-state index contributed by atoms with van der Waals surface area (Å²) < 4.78 is 51.3. The molecule has 3 rings (SSSR count). The Kier molecular flexibility index (Phi) is 5.51. The normalized spacial score (nSPS) is 19.0. The van der Waals surface area contributed by atoms with Crippen LogP contribution in [0.5, 0.6) is 0 Å². The van der Waals surface area contributed by atoms with Gasteiger partial charge in [0.25, 0.3) is 0 Å². The van der Waals surface area contributed by atoms with Gasteiger partial charge in [-0.3, -0.25) is 0 Å². The van der Waals surface area contributed by atoms with Crippen molar-refractivity contribution < 1.29 is 22.6 Å². The van der Waals surface area contributed by atoms with Crippen LogP contribution in [-0.2, 0) is 22.3 Å². The molecule has 2 aromatic rings. The van der Waals surface area contributed by atoms with E-state index in [2.05, 4.69) is 0 Å². The molecule has 138 valence electrons. The number of alkyl halides is 3. The number of benzene rings is 2. The van der Waals surface area contributed by atoms with E-state index in [4.69, 9.17) is 21.7 Å². The summed E-state index contributed by atoms with van der Waals surface area (Å²) in [5.41, 5.74) is 0.393. The molecule has 1 aliphatic heterocycles. The van der Waals surface area contributed by atoms with Crippen LogP contribution in [0.25, 0.3) is 0 Å². The molecule has 0 spiro atoms. The molecule has 1 fully saturated rings. The largest absolute Gasteiger partial charge is 0.446 e. The van der Waals surface area contributed by atoms with Gasteiger partial charge in [0.05, 0.1) is 0 Å². The Hall–Kier alpha value is -2.08. The van der Waals surface area contributed by atoms with Gasteiger partial charge in [-0.15, -0.1) is 0 Å². The lowest BCUT2D eigenvalue weighted by atomic mass is 9.83.